The van der Waals surface area contributed by atoms with Crippen LogP contribution in [0.15, 0.2) is 41.2 Å². The van der Waals surface area contributed by atoms with E-state index in [0.717, 1.165) is 37.2 Å². The summed E-state index contributed by atoms with van der Waals surface area (Å²) in [5.74, 6) is -0.330. The van der Waals surface area contributed by atoms with Crippen molar-refractivity contribution >= 4 is 28.7 Å². The highest BCUT2D eigenvalue weighted by Crippen LogP contribution is 2.23. The third-order valence-corrected chi connectivity index (χ3v) is 7.25. The number of nitrogens with one attached hydrogen (secondary N) is 2. The van der Waals surface area contributed by atoms with Gasteiger partial charge in [-0.05, 0) is 57.0 Å². The van der Waals surface area contributed by atoms with Gasteiger partial charge in [0.15, 0.2) is 0 Å². The van der Waals surface area contributed by atoms with Crippen LogP contribution < -0.4 is 21.8 Å². The summed E-state index contributed by atoms with van der Waals surface area (Å²) in [5.41, 5.74) is 8.81. The normalized spacial score (nSPS) is 15.7. The molecule has 0 radical (unpaired) electrons. The molecule has 2 aromatic heterocycles. The lowest BCUT2D eigenvalue weighted by molar-refractivity contribution is -0.121. The number of likely N-dealkylation sites (N-methyl/N-ethyl adjacent to an activating group) is 1. The molecular weight excluding hydrogens is 468 g/mol. The molecule has 3 heterocycles. The Labute approximate surface area is 217 Å². The van der Waals surface area contributed by atoms with E-state index in [0.29, 0.717) is 42.2 Å². The van der Waals surface area contributed by atoms with E-state index >= 15 is 0 Å². The van der Waals surface area contributed by atoms with Crippen LogP contribution in [0, 0.1) is 0 Å². The van der Waals surface area contributed by atoms with Crippen molar-refractivity contribution in [2.45, 2.75) is 52.1 Å². The van der Waals surface area contributed by atoms with Gasteiger partial charge < -0.3 is 20.9 Å². The number of rotatable bonds is 9. The smallest absolute Gasteiger partial charge is 0.258 e. The van der Waals surface area contributed by atoms with Crippen molar-refractivity contribution in [3.8, 4) is 11.3 Å². The molecule has 196 valence electrons. The number of benzene rings is 1. The molecule has 0 spiro atoms. The Kier molecular flexibility index (Phi) is 8.23. The summed E-state index contributed by atoms with van der Waals surface area (Å²) in [6, 6.07) is 11.9. The quantitative estimate of drug-likeness (QED) is 0.412. The summed E-state index contributed by atoms with van der Waals surface area (Å²) >= 11 is 0. The van der Waals surface area contributed by atoms with Gasteiger partial charge in [0.1, 0.15) is 17.0 Å². The number of pyridine rings is 2. The summed E-state index contributed by atoms with van der Waals surface area (Å²) in [6.07, 6.45) is 3.46. The third kappa shape index (κ3) is 5.51. The van der Waals surface area contributed by atoms with Gasteiger partial charge in [-0.25, -0.2) is 4.98 Å². The summed E-state index contributed by atoms with van der Waals surface area (Å²) in [6.45, 7) is 7.38. The second-order valence-corrected chi connectivity index (χ2v) is 9.41. The number of nitrogen functional groups attached to an aromatic ring is 1. The third-order valence-electron chi connectivity index (χ3n) is 7.25. The minimum atomic E-state index is -0.513. The first-order chi connectivity index (χ1) is 17.9. The van der Waals surface area contributed by atoms with Crippen molar-refractivity contribution in [2.75, 3.05) is 32.4 Å². The van der Waals surface area contributed by atoms with E-state index in [4.69, 9.17) is 10.7 Å². The molecule has 2 amide bonds. The fourth-order valence-electron chi connectivity index (χ4n) is 5.12. The lowest BCUT2D eigenvalue weighted by atomic mass is 10.0. The molecule has 1 unspecified atom stereocenters. The molecule has 9 nitrogen and oxygen atoms in total. The van der Waals surface area contributed by atoms with Crippen molar-refractivity contribution < 1.29 is 9.59 Å². The van der Waals surface area contributed by atoms with Gasteiger partial charge >= 0.3 is 0 Å². The maximum absolute atomic E-state index is 13.0. The highest BCUT2D eigenvalue weighted by atomic mass is 16.2. The van der Waals surface area contributed by atoms with Gasteiger partial charge in [-0.2, -0.15) is 0 Å². The molecule has 0 aliphatic carbocycles. The van der Waals surface area contributed by atoms with Crippen molar-refractivity contribution in [1.82, 2.24) is 25.1 Å². The molecule has 37 heavy (non-hydrogen) atoms. The Balaban J connectivity index is 1.46. The number of hydrogen-bond donors (Lipinski definition) is 3. The minimum Gasteiger partial charge on any atom is -0.384 e. The number of anilines is 1. The SMILES string of the molecule is CCN1CCCC1CNC(=O)CCc1ccc(-c2ccc3c(=O)c(C(=O)NC)c(N)n(CC)c3n2)cc1. The summed E-state index contributed by atoms with van der Waals surface area (Å²) in [5, 5.41) is 5.92. The van der Waals surface area contributed by atoms with Crippen molar-refractivity contribution in [3.63, 3.8) is 0 Å². The molecule has 1 aliphatic rings. The Bertz CT molecular complexity index is 1350. The van der Waals surface area contributed by atoms with Gasteiger partial charge in [0, 0.05) is 38.2 Å². The van der Waals surface area contributed by atoms with E-state index in [2.05, 4.69) is 22.5 Å². The number of fused-ring (bicyclic) bond motifs is 1. The van der Waals surface area contributed by atoms with Crippen LogP contribution in [0.1, 0.15) is 49.0 Å². The number of likely N-dealkylation sites (tertiary alicyclic amines) is 1. The van der Waals surface area contributed by atoms with Crippen LogP contribution in [0.4, 0.5) is 5.82 Å². The molecule has 1 aliphatic heterocycles. The second-order valence-electron chi connectivity index (χ2n) is 9.41. The Morgan fingerprint density at radius 3 is 2.54 bits per heavy atom. The molecule has 0 bridgehead atoms. The molecule has 1 fully saturated rings. The first-order valence-electron chi connectivity index (χ1n) is 13.0. The fourth-order valence-corrected chi connectivity index (χ4v) is 5.12. The number of carbonyl (C=O) groups is 2. The lowest BCUT2D eigenvalue weighted by Crippen LogP contribution is -2.40. The lowest BCUT2D eigenvalue weighted by Gasteiger charge is -2.22. The van der Waals surface area contributed by atoms with Gasteiger partial charge in [0.05, 0.1) is 11.1 Å². The van der Waals surface area contributed by atoms with Crippen LogP contribution in [0.3, 0.4) is 0 Å². The minimum absolute atomic E-state index is 0.0641. The molecular formula is C28H36N6O3. The zero-order valence-electron chi connectivity index (χ0n) is 21.8. The van der Waals surface area contributed by atoms with Crippen molar-refractivity contribution in [1.29, 1.82) is 0 Å². The molecule has 1 atom stereocenters. The fraction of sp³-hybridized carbons (Fsp3) is 0.429. The number of amides is 2. The predicted molar refractivity (Wildman–Crippen MR) is 147 cm³/mol. The maximum Gasteiger partial charge on any atom is 0.258 e. The van der Waals surface area contributed by atoms with Crippen LogP contribution in [0.25, 0.3) is 22.3 Å². The standard InChI is InChI=1S/C28H36N6O3/c1-4-33-16-6-7-20(33)17-31-23(35)15-10-18-8-11-19(12-9-18)22-14-13-21-25(36)24(28(37)30-3)26(29)34(5-2)27(21)32-22/h8-9,11-14,20H,4-7,10,15-17,29H2,1-3H3,(H,30,37)(H,31,35). The number of aromatic nitrogens is 2. The Morgan fingerprint density at radius 2 is 1.86 bits per heavy atom. The monoisotopic (exact) mass is 504 g/mol. The average molecular weight is 505 g/mol. The van der Waals surface area contributed by atoms with Gasteiger partial charge in [-0.1, -0.05) is 31.2 Å². The van der Waals surface area contributed by atoms with Gasteiger partial charge in [0.2, 0.25) is 11.3 Å². The molecule has 3 aromatic rings. The van der Waals surface area contributed by atoms with Crippen molar-refractivity contribution in [2.24, 2.45) is 0 Å². The summed E-state index contributed by atoms with van der Waals surface area (Å²) in [4.78, 5) is 44.7. The molecule has 1 aromatic carbocycles. The summed E-state index contributed by atoms with van der Waals surface area (Å²) < 4.78 is 1.68. The van der Waals surface area contributed by atoms with E-state index in [1.54, 1.807) is 16.7 Å². The zero-order valence-corrected chi connectivity index (χ0v) is 21.8. The molecule has 4 N–H and O–H groups in total. The van der Waals surface area contributed by atoms with Gasteiger partial charge in [0.25, 0.3) is 5.91 Å². The molecule has 1 saturated heterocycles. The first kappa shape index (κ1) is 26.3. The number of hydrogen-bond acceptors (Lipinski definition) is 6. The number of nitrogens with zero attached hydrogens (tertiary/aromatic N) is 3. The van der Waals surface area contributed by atoms with E-state index in [-0.39, 0.29) is 17.3 Å². The van der Waals surface area contributed by atoms with Crippen LogP contribution in [-0.4, -0.2) is 59.0 Å². The van der Waals surface area contributed by atoms with Crippen LogP contribution in [-0.2, 0) is 17.8 Å². The molecule has 0 saturated carbocycles. The first-order valence-corrected chi connectivity index (χ1v) is 13.0. The van der Waals surface area contributed by atoms with Crippen LogP contribution in [0.2, 0.25) is 0 Å². The van der Waals surface area contributed by atoms with E-state index in [9.17, 15) is 14.4 Å². The number of aryl methyl sites for hydroxylation is 2. The highest BCUT2D eigenvalue weighted by Gasteiger charge is 2.23. The van der Waals surface area contributed by atoms with E-state index in [1.165, 1.54) is 13.5 Å². The van der Waals surface area contributed by atoms with Crippen LogP contribution >= 0.6 is 0 Å². The highest BCUT2D eigenvalue weighted by molar-refractivity contribution is 6.01. The zero-order chi connectivity index (χ0) is 26.5. The second kappa shape index (κ2) is 11.6. The van der Waals surface area contributed by atoms with Gasteiger partial charge in [-0.3, -0.25) is 19.3 Å². The maximum atomic E-state index is 13.0. The average Bonchev–Trinajstić information content (AvgIpc) is 3.38. The largest absolute Gasteiger partial charge is 0.384 e. The Morgan fingerprint density at radius 1 is 1.11 bits per heavy atom. The van der Waals surface area contributed by atoms with Crippen molar-refractivity contribution in [3.05, 3.63) is 57.7 Å². The van der Waals surface area contributed by atoms with Gasteiger partial charge in [-0.15, -0.1) is 0 Å². The number of carbonyl (C=O) groups excluding carboxylic acids is 2. The topological polar surface area (TPSA) is 122 Å². The predicted octanol–water partition coefficient (Wildman–Crippen LogP) is 2.56. The molecule has 4 rings (SSSR count). The van der Waals surface area contributed by atoms with Crippen LogP contribution in [0.5, 0.6) is 0 Å². The van der Waals surface area contributed by atoms with E-state index < -0.39 is 11.3 Å². The number of nitrogens with two attached hydrogens (primary N) is 1. The molecule has 9 heteroatoms. The Hall–Kier alpha value is -3.72. The van der Waals surface area contributed by atoms with E-state index in [1.807, 2.05) is 31.2 Å². The summed E-state index contributed by atoms with van der Waals surface area (Å²) in [7, 11) is 1.47.